The van der Waals surface area contributed by atoms with Gasteiger partial charge in [0.25, 0.3) is 0 Å². The van der Waals surface area contributed by atoms with Crippen molar-refractivity contribution in [3.63, 3.8) is 0 Å². The Hall–Kier alpha value is -0.450. The highest BCUT2D eigenvalue weighted by Gasteiger charge is 2.45. The van der Waals surface area contributed by atoms with Crippen LogP contribution >= 0.6 is 11.3 Å². The Morgan fingerprint density at radius 3 is 2.60 bits per heavy atom. The van der Waals surface area contributed by atoms with Crippen LogP contribution in [0.15, 0.2) is 0 Å². The minimum absolute atomic E-state index is 0.0269. The molecule has 2 heterocycles. The van der Waals surface area contributed by atoms with Gasteiger partial charge in [-0.05, 0) is 47.5 Å². The average molecular weight is 296 g/mol. The summed E-state index contributed by atoms with van der Waals surface area (Å²) in [7, 11) is 0. The van der Waals surface area contributed by atoms with E-state index in [-0.39, 0.29) is 11.1 Å². The lowest BCUT2D eigenvalue weighted by molar-refractivity contribution is -0.105. The molecule has 0 aromatic carbocycles. The van der Waals surface area contributed by atoms with Gasteiger partial charge in [-0.2, -0.15) is 0 Å². The summed E-state index contributed by atoms with van der Waals surface area (Å²) in [5.74, 6) is 0. The minimum Gasteiger partial charge on any atom is -0.375 e. The fourth-order valence-corrected chi connectivity index (χ4v) is 4.17. The number of nitrogens with zero attached hydrogens (tertiary/aromatic N) is 1. The fraction of sp³-hybridized carbons (Fsp3) is 0.812. The van der Waals surface area contributed by atoms with Crippen LogP contribution in [0.2, 0.25) is 0 Å². The number of hydrogen-bond donors (Lipinski definition) is 1. The fourth-order valence-electron chi connectivity index (χ4n) is 3.07. The van der Waals surface area contributed by atoms with Crippen LogP contribution in [-0.2, 0) is 10.3 Å². The van der Waals surface area contributed by atoms with E-state index in [1.807, 2.05) is 11.3 Å². The van der Waals surface area contributed by atoms with Crippen molar-refractivity contribution in [1.29, 1.82) is 0 Å². The molecule has 1 aromatic rings. The highest BCUT2D eigenvalue weighted by molar-refractivity contribution is 7.11. The molecule has 20 heavy (non-hydrogen) atoms. The van der Waals surface area contributed by atoms with Crippen LogP contribution in [0, 0.1) is 13.8 Å². The number of ether oxygens (including phenoxy) is 1. The van der Waals surface area contributed by atoms with Crippen molar-refractivity contribution in [3.05, 3.63) is 15.6 Å². The van der Waals surface area contributed by atoms with Crippen LogP contribution < -0.4 is 5.32 Å². The SMILES string of the molecule is CCC1(C)CC(NC(C)C)(c2nc(C)c(C)s2)CCO1. The van der Waals surface area contributed by atoms with Crippen LogP contribution in [0.1, 0.15) is 62.5 Å². The normalized spacial score (nSPS) is 30.9. The van der Waals surface area contributed by atoms with Gasteiger partial charge >= 0.3 is 0 Å². The largest absolute Gasteiger partial charge is 0.375 e. The maximum absolute atomic E-state index is 6.05. The van der Waals surface area contributed by atoms with Gasteiger partial charge in [-0.25, -0.2) is 4.98 Å². The van der Waals surface area contributed by atoms with Crippen molar-refractivity contribution in [1.82, 2.24) is 10.3 Å². The van der Waals surface area contributed by atoms with Gasteiger partial charge in [-0.1, -0.05) is 6.92 Å². The van der Waals surface area contributed by atoms with E-state index in [2.05, 4.69) is 46.9 Å². The van der Waals surface area contributed by atoms with Crippen LogP contribution in [0.25, 0.3) is 0 Å². The predicted octanol–water partition coefficient (Wildman–Crippen LogP) is 3.93. The third-order valence-corrected chi connectivity index (χ3v) is 5.68. The first-order valence-corrected chi connectivity index (χ1v) is 8.48. The number of hydrogen-bond acceptors (Lipinski definition) is 4. The third-order valence-electron chi connectivity index (χ3n) is 4.41. The number of rotatable bonds is 4. The number of aromatic nitrogens is 1. The van der Waals surface area contributed by atoms with Gasteiger partial charge in [0.2, 0.25) is 0 Å². The lowest BCUT2D eigenvalue weighted by Gasteiger charge is -2.46. The summed E-state index contributed by atoms with van der Waals surface area (Å²) in [6.07, 6.45) is 3.05. The van der Waals surface area contributed by atoms with Gasteiger partial charge in [-0.3, -0.25) is 0 Å². The van der Waals surface area contributed by atoms with Gasteiger partial charge in [0, 0.05) is 23.9 Å². The van der Waals surface area contributed by atoms with E-state index >= 15 is 0 Å². The zero-order valence-corrected chi connectivity index (χ0v) is 14.5. The number of nitrogens with one attached hydrogen (secondary N) is 1. The quantitative estimate of drug-likeness (QED) is 0.914. The molecule has 1 aromatic heterocycles. The summed E-state index contributed by atoms with van der Waals surface area (Å²) in [5.41, 5.74) is 1.09. The number of aryl methyl sites for hydroxylation is 2. The van der Waals surface area contributed by atoms with Gasteiger partial charge < -0.3 is 10.1 Å². The average Bonchev–Trinajstić information content (AvgIpc) is 2.69. The van der Waals surface area contributed by atoms with Crippen molar-refractivity contribution in [2.45, 2.75) is 78.0 Å². The molecular weight excluding hydrogens is 268 g/mol. The summed E-state index contributed by atoms with van der Waals surface area (Å²) in [4.78, 5) is 6.19. The molecule has 1 saturated heterocycles. The first-order valence-electron chi connectivity index (χ1n) is 7.66. The minimum atomic E-state index is -0.0480. The van der Waals surface area contributed by atoms with E-state index in [4.69, 9.17) is 9.72 Å². The van der Waals surface area contributed by atoms with Crippen molar-refractivity contribution < 1.29 is 4.74 Å². The Morgan fingerprint density at radius 2 is 2.10 bits per heavy atom. The van der Waals surface area contributed by atoms with Crippen LogP contribution in [-0.4, -0.2) is 23.2 Å². The smallest absolute Gasteiger partial charge is 0.113 e. The van der Waals surface area contributed by atoms with Crippen molar-refractivity contribution in [2.75, 3.05) is 6.61 Å². The Morgan fingerprint density at radius 1 is 1.40 bits per heavy atom. The van der Waals surface area contributed by atoms with Gasteiger partial charge in [0.15, 0.2) is 0 Å². The second kappa shape index (κ2) is 5.74. The first-order chi connectivity index (χ1) is 9.30. The van der Waals surface area contributed by atoms with E-state index in [9.17, 15) is 0 Å². The second-order valence-electron chi connectivity index (χ2n) is 6.62. The molecule has 1 fully saturated rings. The molecule has 1 N–H and O–H groups in total. The molecule has 0 radical (unpaired) electrons. The molecule has 0 amide bonds. The molecule has 4 heteroatoms. The summed E-state index contributed by atoms with van der Waals surface area (Å²) in [5, 5.41) is 5.05. The molecule has 0 spiro atoms. The van der Waals surface area contributed by atoms with Crippen LogP contribution in [0.3, 0.4) is 0 Å². The molecule has 114 valence electrons. The van der Waals surface area contributed by atoms with E-state index in [0.717, 1.165) is 25.9 Å². The zero-order chi connectivity index (χ0) is 15.0. The summed E-state index contributed by atoms with van der Waals surface area (Å²) in [6.45, 7) is 14.0. The first kappa shape index (κ1) is 15.9. The maximum Gasteiger partial charge on any atom is 0.113 e. The zero-order valence-electron chi connectivity index (χ0n) is 13.7. The van der Waals surface area contributed by atoms with Crippen LogP contribution in [0.4, 0.5) is 0 Å². The second-order valence-corrected chi connectivity index (χ2v) is 7.82. The molecule has 0 saturated carbocycles. The van der Waals surface area contributed by atoms with Crippen LogP contribution in [0.5, 0.6) is 0 Å². The van der Waals surface area contributed by atoms with E-state index in [1.54, 1.807) is 0 Å². The highest BCUT2D eigenvalue weighted by atomic mass is 32.1. The summed E-state index contributed by atoms with van der Waals surface area (Å²) < 4.78 is 6.05. The van der Waals surface area contributed by atoms with E-state index < -0.39 is 0 Å². The molecule has 2 atom stereocenters. The van der Waals surface area contributed by atoms with Gasteiger partial charge in [-0.15, -0.1) is 11.3 Å². The molecule has 0 bridgehead atoms. The molecule has 1 aliphatic heterocycles. The Balaban J connectivity index is 2.40. The summed E-state index contributed by atoms with van der Waals surface area (Å²) >= 11 is 1.84. The standard InChI is InChI=1S/C16H28N2OS/c1-7-15(6)10-16(8-9-19-15,18-11(2)3)14-17-12(4)13(5)20-14/h11,18H,7-10H2,1-6H3. The lowest BCUT2D eigenvalue weighted by Crippen LogP contribution is -2.55. The summed E-state index contributed by atoms with van der Waals surface area (Å²) in [6, 6.07) is 0.443. The number of thiazole rings is 1. The van der Waals surface area contributed by atoms with E-state index in [1.165, 1.54) is 15.6 Å². The topological polar surface area (TPSA) is 34.2 Å². The van der Waals surface area contributed by atoms with Gasteiger partial charge in [0.1, 0.15) is 5.01 Å². The molecule has 0 aliphatic carbocycles. The van der Waals surface area contributed by atoms with Gasteiger partial charge in [0.05, 0.1) is 16.8 Å². The predicted molar refractivity (Wildman–Crippen MR) is 85.4 cm³/mol. The maximum atomic E-state index is 6.05. The monoisotopic (exact) mass is 296 g/mol. The Kier molecular flexibility index (Phi) is 4.57. The highest BCUT2D eigenvalue weighted by Crippen LogP contribution is 2.43. The van der Waals surface area contributed by atoms with Crippen molar-refractivity contribution in [2.24, 2.45) is 0 Å². The van der Waals surface area contributed by atoms with Crippen molar-refractivity contribution in [3.8, 4) is 0 Å². The van der Waals surface area contributed by atoms with Crippen molar-refractivity contribution >= 4 is 11.3 Å². The molecule has 3 nitrogen and oxygen atoms in total. The Bertz CT molecular complexity index is 452. The molecular formula is C16H28N2OS. The molecule has 1 aliphatic rings. The third kappa shape index (κ3) is 3.07. The lowest BCUT2D eigenvalue weighted by atomic mass is 9.79. The molecule has 2 unspecified atom stereocenters. The van der Waals surface area contributed by atoms with E-state index in [0.29, 0.717) is 6.04 Å². The Labute approximate surface area is 127 Å². The molecule has 2 rings (SSSR count).